The third kappa shape index (κ3) is 2.67. The van der Waals surface area contributed by atoms with Gasteiger partial charge in [0.1, 0.15) is 5.25 Å². The minimum atomic E-state index is -3.37. The van der Waals surface area contributed by atoms with Gasteiger partial charge >= 0.3 is 0 Å². The smallest absolute Gasteiger partial charge is 0.241 e. The number of rotatable bonds is 5. The van der Waals surface area contributed by atoms with Crippen LogP contribution in [0.5, 0.6) is 0 Å². The van der Waals surface area contributed by atoms with E-state index in [0.29, 0.717) is 18.9 Å². The van der Waals surface area contributed by atoms with Gasteiger partial charge in [0.15, 0.2) is 9.84 Å². The van der Waals surface area contributed by atoms with E-state index in [0.717, 1.165) is 24.8 Å². The van der Waals surface area contributed by atoms with Gasteiger partial charge in [0.05, 0.1) is 11.3 Å². The van der Waals surface area contributed by atoms with Crippen LogP contribution in [0.4, 0.5) is 0 Å². The number of fused-ring (bicyclic) bond motifs is 1. The molecule has 24 heavy (non-hydrogen) atoms. The molecular formula is C19H27NO3S. The minimum Gasteiger partial charge on any atom is -0.331 e. The van der Waals surface area contributed by atoms with E-state index in [1.165, 1.54) is 6.42 Å². The van der Waals surface area contributed by atoms with Crippen LogP contribution in [0.2, 0.25) is 0 Å². The first kappa shape index (κ1) is 17.5. The third-order valence-electron chi connectivity index (χ3n) is 5.84. The van der Waals surface area contributed by atoms with Crippen molar-refractivity contribution in [3.05, 3.63) is 35.9 Å². The highest BCUT2D eigenvalue weighted by atomic mass is 32.2. The Kier molecular flexibility index (Phi) is 4.73. The van der Waals surface area contributed by atoms with E-state index >= 15 is 0 Å². The van der Waals surface area contributed by atoms with Crippen molar-refractivity contribution in [3.63, 3.8) is 0 Å². The van der Waals surface area contributed by atoms with Crippen molar-refractivity contribution in [2.45, 2.75) is 56.7 Å². The second-order valence-corrected chi connectivity index (χ2v) is 9.63. The first-order chi connectivity index (χ1) is 11.4. The lowest BCUT2D eigenvalue weighted by molar-refractivity contribution is -0.165. The molecule has 0 bridgehead atoms. The van der Waals surface area contributed by atoms with Gasteiger partial charge in [-0.25, -0.2) is 8.42 Å². The summed E-state index contributed by atoms with van der Waals surface area (Å²) in [6, 6.07) is 10.2. The second-order valence-electron chi connectivity index (χ2n) is 7.19. The highest BCUT2D eigenvalue weighted by molar-refractivity contribution is 7.92. The van der Waals surface area contributed by atoms with E-state index in [1.807, 2.05) is 30.0 Å². The molecule has 4 nitrogen and oxygen atoms in total. The van der Waals surface area contributed by atoms with Crippen LogP contribution in [-0.2, 0) is 20.2 Å². The van der Waals surface area contributed by atoms with E-state index in [1.54, 1.807) is 6.92 Å². The van der Waals surface area contributed by atoms with Crippen LogP contribution in [-0.4, -0.2) is 36.8 Å². The number of sulfone groups is 1. The number of likely N-dealkylation sites (tertiary alicyclic amines) is 1. The molecule has 3 atom stereocenters. The Morgan fingerprint density at radius 1 is 1.29 bits per heavy atom. The summed E-state index contributed by atoms with van der Waals surface area (Å²) in [5, 5.41) is -0.944. The summed E-state index contributed by atoms with van der Waals surface area (Å²) in [5.41, 5.74) is 0.876. The van der Waals surface area contributed by atoms with Crippen LogP contribution >= 0.6 is 0 Å². The van der Waals surface area contributed by atoms with E-state index in [4.69, 9.17) is 0 Å². The fourth-order valence-electron chi connectivity index (χ4n) is 4.48. The zero-order valence-electron chi connectivity index (χ0n) is 14.6. The molecule has 132 valence electrons. The maximum Gasteiger partial charge on any atom is 0.241 e. The maximum atomic E-state index is 13.0. The van der Waals surface area contributed by atoms with Crippen LogP contribution in [0.15, 0.2) is 30.3 Å². The Labute approximate surface area is 145 Å². The van der Waals surface area contributed by atoms with Crippen molar-refractivity contribution in [2.24, 2.45) is 5.92 Å². The minimum absolute atomic E-state index is 0.0789. The summed E-state index contributed by atoms with van der Waals surface area (Å²) in [7, 11) is -3.37. The predicted molar refractivity (Wildman–Crippen MR) is 95.3 cm³/mol. The largest absolute Gasteiger partial charge is 0.331 e. The van der Waals surface area contributed by atoms with Crippen LogP contribution in [0.25, 0.3) is 0 Å². The van der Waals surface area contributed by atoms with E-state index in [9.17, 15) is 13.2 Å². The van der Waals surface area contributed by atoms with Gasteiger partial charge < -0.3 is 4.90 Å². The van der Waals surface area contributed by atoms with E-state index in [-0.39, 0.29) is 17.2 Å². The lowest BCUT2D eigenvalue weighted by Gasteiger charge is -2.62. The second kappa shape index (κ2) is 6.51. The SMILES string of the molecule is CCCS(=O)(=O)C(C)C(=O)N1CC2CCCCC21c1ccccc1. The lowest BCUT2D eigenvalue weighted by Crippen LogP contribution is -2.69. The van der Waals surface area contributed by atoms with Crippen LogP contribution < -0.4 is 0 Å². The topological polar surface area (TPSA) is 54.5 Å². The molecule has 3 unspecified atom stereocenters. The van der Waals surface area contributed by atoms with Gasteiger partial charge in [-0.1, -0.05) is 50.1 Å². The Morgan fingerprint density at radius 2 is 2.00 bits per heavy atom. The van der Waals surface area contributed by atoms with Crippen molar-refractivity contribution < 1.29 is 13.2 Å². The molecule has 1 aliphatic carbocycles. The molecule has 3 rings (SSSR count). The Bertz CT molecular complexity index is 701. The molecule has 1 heterocycles. The number of carbonyl (C=O) groups excluding carboxylic acids is 1. The number of benzene rings is 1. The highest BCUT2D eigenvalue weighted by Crippen LogP contribution is 2.54. The Balaban J connectivity index is 1.92. The average Bonchev–Trinajstić information content (AvgIpc) is 2.56. The first-order valence-electron chi connectivity index (χ1n) is 9.02. The molecule has 2 aliphatic rings. The predicted octanol–water partition coefficient (Wildman–Crippen LogP) is 3.13. The molecule has 5 heteroatoms. The third-order valence-corrected chi connectivity index (χ3v) is 8.09. The van der Waals surface area contributed by atoms with Gasteiger partial charge in [-0.2, -0.15) is 0 Å². The van der Waals surface area contributed by atoms with Gasteiger partial charge in [0.25, 0.3) is 0 Å². The van der Waals surface area contributed by atoms with Crippen molar-refractivity contribution in [2.75, 3.05) is 12.3 Å². The normalized spacial score (nSPS) is 27.9. The van der Waals surface area contributed by atoms with Gasteiger partial charge in [0, 0.05) is 12.5 Å². The summed E-state index contributed by atoms with van der Waals surface area (Å²) in [5.74, 6) is 0.319. The number of hydrogen-bond donors (Lipinski definition) is 0. The molecule has 2 fully saturated rings. The fraction of sp³-hybridized carbons (Fsp3) is 0.632. The number of hydrogen-bond acceptors (Lipinski definition) is 3. The van der Waals surface area contributed by atoms with Gasteiger partial charge in [-0.05, 0) is 31.7 Å². The monoisotopic (exact) mass is 349 g/mol. The van der Waals surface area contributed by atoms with Crippen molar-refractivity contribution in [1.29, 1.82) is 0 Å². The standard InChI is InChI=1S/C19H27NO3S/c1-3-13-24(22,23)15(2)18(21)20-14-17-11-7-8-12-19(17,20)16-9-5-4-6-10-16/h4-6,9-10,15,17H,3,7-8,11-14H2,1-2H3. The number of nitrogens with zero attached hydrogens (tertiary/aromatic N) is 1. The zero-order chi connectivity index (χ0) is 17.4. The van der Waals surface area contributed by atoms with Crippen molar-refractivity contribution in [1.82, 2.24) is 4.90 Å². The number of amides is 1. The highest BCUT2D eigenvalue weighted by Gasteiger charge is 2.58. The molecule has 1 aromatic rings. The van der Waals surface area contributed by atoms with Crippen LogP contribution in [0.1, 0.15) is 51.5 Å². The summed E-state index contributed by atoms with van der Waals surface area (Å²) in [6.45, 7) is 4.09. The van der Waals surface area contributed by atoms with Gasteiger partial charge in [-0.15, -0.1) is 0 Å². The van der Waals surface area contributed by atoms with E-state index < -0.39 is 15.1 Å². The molecule has 1 saturated heterocycles. The lowest BCUT2D eigenvalue weighted by atomic mass is 9.61. The number of carbonyl (C=O) groups is 1. The zero-order valence-corrected chi connectivity index (χ0v) is 15.4. The summed E-state index contributed by atoms with van der Waals surface area (Å²) >= 11 is 0. The first-order valence-corrected chi connectivity index (χ1v) is 10.7. The molecule has 1 saturated carbocycles. The van der Waals surface area contributed by atoms with E-state index in [2.05, 4.69) is 12.1 Å². The molecule has 1 amide bonds. The summed E-state index contributed by atoms with van der Waals surface area (Å²) < 4.78 is 24.7. The van der Waals surface area contributed by atoms with Crippen LogP contribution in [0.3, 0.4) is 0 Å². The maximum absolute atomic E-state index is 13.0. The van der Waals surface area contributed by atoms with Crippen molar-refractivity contribution in [3.8, 4) is 0 Å². The van der Waals surface area contributed by atoms with Gasteiger partial charge in [0.2, 0.25) is 5.91 Å². The quantitative estimate of drug-likeness (QED) is 0.821. The molecule has 0 aromatic heterocycles. The average molecular weight is 349 g/mol. The molecule has 1 aliphatic heterocycles. The molecule has 0 radical (unpaired) electrons. The molecule has 1 aromatic carbocycles. The molecular weight excluding hydrogens is 322 g/mol. The van der Waals surface area contributed by atoms with Gasteiger partial charge in [-0.3, -0.25) is 4.79 Å². The molecule has 0 N–H and O–H groups in total. The van der Waals surface area contributed by atoms with Crippen LogP contribution in [0, 0.1) is 5.92 Å². The van der Waals surface area contributed by atoms with Crippen molar-refractivity contribution >= 4 is 15.7 Å². The summed E-state index contributed by atoms with van der Waals surface area (Å²) in [6.07, 6.45) is 4.89. The summed E-state index contributed by atoms with van der Waals surface area (Å²) in [4.78, 5) is 14.9. The Hall–Kier alpha value is -1.36. The Morgan fingerprint density at radius 3 is 2.62 bits per heavy atom. The fourth-order valence-corrected chi connectivity index (χ4v) is 5.84. The molecule has 0 spiro atoms.